The van der Waals surface area contributed by atoms with Gasteiger partial charge in [0.05, 0.1) is 5.56 Å². The summed E-state index contributed by atoms with van der Waals surface area (Å²) in [6.07, 6.45) is 2.69. The Labute approximate surface area is 105 Å². The van der Waals surface area contributed by atoms with Gasteiger partial charge in [-0.05, 0) is 44.5 Å². The summed E-state index contributed by atoms with van der Waals surface area (Å²) in [5.74, 6) is -1.97. The Morgan fingerprint density at radius 2 is 2.11 bits per heavy atom. The largest absolute Gasteiger partial charge is 0.349 e. The van der Waals surface area contributed by atoms with Gasteiger partial charge < -0.3 is 10.6 Å². The van der Waals surface area contributed by atoms with Gasteiger partial charge in [-0.2, -0.15) is 0 Å². The Hall–Kier alpha value is -1.49. The molecule has 0 aromatic heterocycles. The van der Waals surface area contributed by atoms with Gasteiger partial charge in [-0.3, -0.25) is 4.79 Å². The van der Waals surface area contributed by atoms with E-state index in [1.54, 1.807) is 0 Å². The van der Waals surface area contributed by atoms with Crippen molar-refractivity contribution >= 4 is 5.91 Å². The highest BCUT2D eigenvalue weighted by molar-refractivity contribution is 5.94. The zero-order valence-corrected chi connectivity index (χ0v) is 10.0. The maximum absolute atomic E-state index is 13.4. The van der Waals surface area contributed by atoms with Crippen molar-refractivity contribution in [2.24, 2.45) is 0 Å². The number of benzene rings is 1. The highest BCUT2D eigenvalue weighted by Crippen LogP contribution is 2.11. The molecule has 0 saturated carbocycles. The van der Waals surface area contributed by atoms with Crippen molar-refractivity contribution in [2.45, 2.75) is 25.3 Å². The zero-order valence-electron chi connectivity index (χ0n) is 10.0. The van der Waals surface area contributed by atoms with Gasteiger partial charge in [0.15, 0.2) is 0 Å². The first-order valence-corrected chi connectivity index (χ1v) is 6.13. The monoisotopic (exact) mass is 254 g/mol. The third-order valence-corrected chi connectivity index (χ3v) is 3.09. The molecule has 0 radical (unpaired) electrons. The summed E-state index contributed by atoms with van der Waals surface area (Å²) in [6.45, 7) is 1.79. The third kappa shape index (κ3) is 3.26. The summed E-state index contributed by atoms with van der Waals surface area (Å²) in [4.78, 5) is 11.9. The van der Waals surface area contributed by atoms with Crippen LogP contribution in [0.15, 0.2) is 18.2 Å². The van der Waals surface area contributed by atoms with Crippen LogP contribution in [0.4, 0.5) is 8.78 Å². The SMILES string of the molecule is O=C(NC1CCCNCC1)c1ccc(F)cc1F. The molecule has 0 bridgehead atoms. The molecule has 5 heteroatoms. The number of carbonyl (C=O) groups is 1. The Morgan fingerprint density at radius 3 is 2.89 bits per heavy atom. The minimum absolute atomic E-state index is 0.0527. The van der Waals surface area contributed by atoms with E-state index >= 15 is 0 Å². The van der Waals surface area contributed by atoms with Gasteiger partial charge in [0.25, 0.3) is 5.91 Å². The van der Waals surface area contributed by atoms with Crippen LogP contribution in [0.25, 0.3) is 0 Å². The van der Waals surface area contributed by atoms with Crippen molar-refractivity contribution in [3.05, 3.63) is 35.4 Å². The molecule has 1 atom stereocenters. The molecule has 2 N–H and O–H groups in total. The number of rotatable bonds is 2. The minimum atomic E-state index is -0.820. The van der Waals surface area contributed by atoms with Crippen LogP contribution < -0.4 is 10.6 Å². The molecule has 1 aliphatic heterocycles. The van der Waals surface area contributed by atoms with Crippen molar-refractivity contribution in [2.75, 3.05) is 13.1 Å². The van der Waals surface area contributed by atoms with Crippen LogP contribution >= 0.6 is 0 Å². The van der Waals surface area contributed by atoms with E-state index in [1.807, 2.05) is 0 Å². The summed E-state index contributed by atoms with van der Waals surface area (Å²) < 4.78 is 26.2. The van der Waals surface area contributed by atoms with E-state index in [-0.39, 0.29) is 11.6 Å². The molecule has 1 heterocycles. The van der Waals surface area contributed by atoms with Crippen LogP contribution in [-0.4, -0.2) is 25.0 Å². The number of amides is 1. The summed E-state index contributed by atoms with van der Waals surface area (Å²) in [5, 5.41) is 6.03. The first kappa shape index (κ1) is 13.0. The average Bonchev–Trinajstić information content (AvgIpc) is 2.57. The average molecular weight is 254 g/mol. The Bertz CT molecular complexity index is 429. The predicted octanol–water partition coefficient (Wildman–Crippen LogP) is 1.84. The number of halogens is 2. The van der Waals surface area contributed by atoms with Crippen LogP contribution in [0, 0.1) is 11.6 Å². The first-order chi connectivity index (χ1) is 8.66. The fourth-order valence-corrected chi connectivity index (χ4v) is 2.10. The maximum atomic E-state index is 13.4. The second-order valence-corrected chi connectivity index (χ2v) is 4.48. The van der Waals surface area contributed by atoms with Crippen LogP contribution in [0.5, 0.6) is 0 Å². The van der Waals surface area contributed by atoms with E-state index in [0.29, 0.717) is 0 Å². The summed E-state index contributed by atoms with van der Waals surface area (Å²) in [7, 11) is 0. The summed E-state index contributed by atoms with van der Waals surface area (Å²) in [5.41, 5.74) is -0.103. The lowest BCUT2D eigenvalue weighted by Gasteiger charge is -2.16. The Balaban J connectivity index is 2.02. The molecule has 1 fully saturated rings. The molecule has 1 aliphatic rings. The van der Waals surface area contributed by atoms with Crippen molar-refractivity contribution in [3.63, 3.8) is 0 Å². The van der Waals surface area contributed by atoms with Crippen molar-refractivity contribution in [3.8, 4) is 0 Å². The van der Waals surface area contributed by atoms with Gasteiger partial charge in [-0.1, -0.05) is 0 Å². The number of nitrogens with one attached hydrogen (secondary N) is 2. The van der Waals surface area contributed by atoms with Gasteiger partial charge in [0, 0.05) is 12.1 Å². The fourth-order valence-electron chi connectivity index (χ4n) is 2.10. The van der Waals surface area contributed by atoms with Crippen LogP contribution in [-0.2, 0) is 0 Å². The number of hydrogen-bond acceptors (Lipinski definition) is 2. The molecule has 98 valence electrons. The van der Waals surface area contributed by atoms with Crippen molar-refractivity contribution in [1.82, 2.24) is 10.6 Å². The molecule has 18 heavy (non-hydrogen) atoms. The lowest BCUT2D eigenvalue weighted by Crippen LogP contribution is -2.35. The molecule has 1 aromatic rings. The Morgan fingerprint density at radius 1 is 1.28 bits per heavy atom. The standard InChI is InChI=1S/C13H16F2N2O/c14-9-3-4-11(12(15)8-9)13(18)17-10-2-1-6-16-7-5-10/h3-4,8,10,16H,1-2,5-7H2,(H,17,18). The van der Waals surface area contributed by atoms with Crippen molar-refractivity contribution < 1.29 is 13.6 Å². The molecule has 1 aromatic carbocycles. The lowest BCUT2D eigenvalue weighted by molar-refractivity contribution is 0.0930. The molecule has 3 nitrogen and oxygen atoms in total. The normalized spacial score (nSPS) is 20.2. The third-order valence-electron chi connectivity index (χ3n) is 3.09. The highest BCUT2D eigenvalue weighted by Gasteiger charge is 2.18. The number of hydrogen-bond donors (Lipinski definition) is 2. The van der Waals surface area contributed by atoms with E-state index in [0.717, 1.165) is 44.5 Å². The molecule has 1 unspecified atom stereocenters. The fraction of sp³-hybridized carbons (Fsp3) is 0.462. The van der Waals surface area contributed by atoms with Gasteiger partial charge in [-0.15, -0.1) is 0 Å². The van der Waals surface area contributed by atoms with Crippen LogP contribution in [0.3, 0.4) is 0 Å². The topological polar surface area (TPSA) is 41.1 Å². The Kier molecular flexibility index (Phi) is 4.25. The minimum Gasteiger partial charge on any atom is -0.349 e. The predicted molar refractivity (Wildman–Crippen MR) is 64.3 cm³/mol. The van der Waals surface area contributed by atoms with Crippen LogP contribution in [0.1, 0.15) is 29.6 Å². The molecule has 1 amide bonds. The van der Waals surface area contributed by atoms with E-state index in [4.69, 9.17) is 0 Å². The summed E-state index contributed by atoms with van der Waals surface area (Å²) in [6, 6.07) is 3.04. The van der Waals surface area contributed by atoms with E-state index in [9.17, 15) is 13.6 Å². The lowest BCUT2D eigenvalue weighted by atomic mass is 10.1. The van der Waals surface area contributed by atoms with Gasteiger partial charge >= 0.3 is 0 Å². The maximum Gasteiger partial charge on any atom is 0.254 e. The zero-order chi connectivity index (χ0) is 13.0. The molecular formula is C13H16F2N2O. The number of carbonyl (C=O) groups excluding carboxylic acids is 1. The first-order valence-electron chi connectivity index (χ1n) is 6.13. The molecule has 0 spiro atoms. The second-order valence-electron chi connectivity index (χ2n) is 4.48. The van der Waals surface area contributed by atoms with Gasteiger partial charge in [-0.25, -0.2) is 8.78 Å². The molecule has 2 rings (SSSR count). The molecular weight excluding hydrogens is 238 g/mol. The summed E-state index contributed by atoms with van der Waals surface area (Å²) >= 11 is 0. The van der Waals surface area contributed by atoms with Gasteiger partial charge in [0.1, 0.15) is 11.6 Å². The molecule has 0 aliphatic carbocycles. The van der Waals surface area contributed by atoms with E-state index in [1.165, 1.54) is 6.07 Å². The smallest absolute Gasteiger partial charge is 0.254 e. The van der Waals surface area contributed by atoms with Gasteiger partial charge in [0.2, 0.25) is 0 Å². The molecule has 1 saturated heterocycles. The second kappa shape index (κ2) is 5.91. The van der Waals surface area contributed by atoms with E-state index in [2.05, 4.69) is 10.6 Å². The van der Waals surface area contributed by atoms with E-state index < -0.39 is 17.5 Å². The van der Waals surface area contributed by atoms with Crippen molar-refractivity contribution in [1.29, 1.82) is 0 Å². The quantitative estimate of drug-likeness (QED) is 0.845. The highest BCUT2D eigenvalue weighted by atomic mass is 19.1. The van der Waals surface area contributed by atoms with Crippen LogP contribution in [0.2, 0.25) is 0 Å².